The van der Waals surface area contributed by atoms with Gasteiger partial charge in [0.05, 0.1) is 11.5 Å². The lowest BCUT2D eigenvalue weighted by atomic mass is 9.79. The lowest BCUT2D eigenvalue weighted by Crippen LogP contribution is -2.49. The van der Waals surface area contributed by atoms with Gasteiger partial charge in [-0.15, -0.1) is 0 Å². The van der Waals surface area contributed by atoms with E-state index >= 15 is 0 Å². The standard InChI is InChI=1S/C27H36N4O4/c1-27(2,20-6-4-12-28-17-20)26(34)31-23(25(32)33)11-14-35-22-15-18(16-22)7-9-21-10-8-19-5-3-13-29-24(19)30-21/h4,6,8,10,12,17-18,22-23H,3,5,7,9,11,13-16H2,1-2H3,(H,29,30)(H,31,34)(H,32,33)/t18-,22-,23?. The van der Waals surface area contributed by atoms with Gasteiger partial charge in [0.2, 0.25) is 5.91 Å². The number of aliphatic carboxylic acids is 1. The molecule has 8 nitrogen and oxygen atoms in total. The van der Waals surface area contributed by atoms with Crippen molar-refractivity contribution in [2.45, 2.75) is 76.4 Å². The Balaban J connectivity index is 1.16. The van der Waals surface area contributed by atoms with Gasteiger partial charge in [-0.25, -0.2) is 9.78 Å². The highest BCUT2D eigenvalue weighted by Gasteiger charge is 2.34. The maximum atomic E-state index is 12.8. The Labute approximate surface area is 206 Å². The van der Waals surface area contributed by atoms with Crippen LogP contribution >= 0.6 is 0 Å². The van der Waals surface area contributed by atoms with Crippen molar-refractivity contribution in [3.05, 3.63) is 53.5 Å². The smallest absolute Gasteiger partial charge is 0.326 e. The Hall–Kier alpha value is -3.00. The second-order valence-electron chi connectivity index (χ2n) is 10.2. The average molecular weight is 481 g/mol. The highest BCUT2D eigenvalue weighted by molar-refractivity contribution is 5.90. The molecule has 0 aromatic carbocycles. The van der Waals surface area contributed by atoms with E-state index in [1.165, 1.54) is 12.0 Å². The molecule has 1 unspecified atom stereocenters. The van der Waals surface area contributed by atoms with Crippen LogP contribution in [-0.2, 0) is 32.6 Å². The third-order valence-electron chi connectivity index (χ3n) is 7.27. The summed E-state index contributed by atoms with van der Waals surface area (Å²) in [5.74, 6) is 0.267. The number of rotatable bonds is 11. The molecule has 35 heavy (non-hydrogen) atoms. The molecular formula is C27H36N4O4. The van der Waals surface area contributed by atoms with Crippen LogP contribution in [0.25, 0.3) is 0 Å². The van der Waals surface area contributed by atoms with Gasteiger partial charge < -0.3 is 20.5 Å². The molecule has 0 bridgehead atoms. The fourth-order valence-corrected chi connectivity index (χ4v) is 4.72. The maximum absolute atomic E-state index is 12.8. The van der Waals surface area contributed by atoms with Crippen LogP contribution in [0.1, 0.15) is 62.8 Å². The van der Waals surface area contributed by atoms with Crippen molar-refractivity contribution in [3.63, 3.8) is 0 Å². The number of hydrogen-bond donors (Lipinski definition) is 3. The van der Waals surface area contributed by atoms with E-state index in [9.17, 15) is 14.7 Å². The Kier molecular flexibility index (Phi) is 8.00. The zero-order valence-electron chi connectivity index (χ0n) is 20.6. The SMILES string of the molecule is CC(C)(C(=O)NC(CCO[C@H]1C[C@H](CCc2ccc3c(n2)NCCC3)C1)C(=O)O)c1cccnc1. The van der Waals surface area contributed by atoms with Gasteiger partial charge in [0.15, 0.2) is 0 Å². The molecule has 0 radical (unpaired) electrons. The number of anilines is 1. The van der Waals surface area contributed by atoms with Gasteiger partial charge in [-0.2, -0.15) is 0 Å². The van der Waals surface area contributed by atoms with Gasteiger partial charge in [0, 0.05) is 37.7 Å². The summed E-state index contributed by atoms with van der Waals surface area (Å²) in [4.78, 5) is 33.4. The molecule has 4 rings (SSSR count). The summed E-state index contributed by atoms with van der Waals surface area (Å²) in [5.41, 5.74) is 2.30. The van der Waals surface area contributed by atoms with E-state index in [1.807, 2.05) is 6.07 Å². The number of ether oxygens (including phenoxy) is 1. The van der Waals surface area contributed by atoms with Crippen molar-refractivity contribution in [3.8, 4) is 0 Å². The summed E-state index contributed by atoms with van der Waals surface area (Å²) in [6.45, 7) is 4.83. The van der Waals surface area contributed by atoms with Crippen LogP contribution in [0.2, 0.25) is 0 Å². The van der Waals surface area contributed by atoms with E-state index < -0.39 is 17.4 Å². The van der Waals surface area contributed by atoms with Crippen LogP contribution in [0.5, 0.6) is 0 Å². The van der Waals surface area contributed by atoms with E-state index in [2.05, 4.69) is 27.8 Å². The number of carbonyl (C=O) groups is 2. The van der Waals surface area contributed by atoms with Crippen molar-refractivity contribution in [2.75, 3.05) is 18.5 Å². The Morgan fingerprint density at radius 1 is 1.29 bits per heavy atom. The van der Waals surface area contributed by atoms with E-state index in [0.29, 0.717) is 12.5 Å². The van der Waals surface area contributed by atoms with Crippen LogP contribution in [0.15, 0.2) is 36.7 Å². The molecule has 2 aliphatic rings. The largest absolute Gasteiger partial charge is 0.480 e. The first-order valence-electron chi connectivity index (χ1n) is 12.6. The first-order chi connectivity index (χ1) is 16.8. The number of hydrogen-bond acceptors (Lipinski definition) is 6. The zero-order chi connectivity index (χ0) is 24.8. The number of pyridine rings is 2. The summed E-state index contributed by atoms with van der Waals surface area (Å²) >= 11 is 0. The van der Waals surface area contributed by atoms with E-state index in [0.717, 1.165) is 55.7 Å². The zero-order valence-corrected chi connectivity index (χ0v) is 20.6. The number of aryl methyl sites for hydroxylation is 2. The molecule has 0 saturated heterocycles. The fourth-order valence-electron chi connectivity index (χ4n) is 4.72. The van der Waals surface area contributed by atoms with Crippen molar-refractivity contribution >= 4 is 17.7 Å². The number of amides is 1. The normalized spacial score (nSPS) is 20.2. The molecule has 1 fully saturated rings. The number of nitrogens with one attached hydrogen (secondary N) is 2. The lowest BCUT2D eigenvalue weighted by Gasteiger charge is -2.35. The molecule has 2 aromatic heterocycles. The van der Waals surface area contributed by atoms with Gasteiger partial charge >= 0.3 is 5.97 Å². The minimum absolute atomic E-state index is 0.162. The third kappa shape index (κ3) is 6.36. The van der Waals surface area contributed by atoms with Gasteiger partial charge in [0.1, 0.15) is 11.9 Å². The predicted octanol–water partition coefficient (Wildman–Crippen LogP) is 3.50. The predicted molar refractivity (Wildman–Crippen MR) is 133 cm³/mol. The average Bonchev–Trinajstić information content (AvgIpc) is 2.84. The van der Waals surface area contributed by atoms with E-state index in [1.54, 1.807) is 32.3 Å². The van der Waals surface area contributed by atoms with Crippen LogP contribution in [0.3, 0.4) is 0 Å². The molecule has 2 aromatic rings. The molecule has 1 saturated carbocycles. The lowest BCUT2D eigenvalue weighted by molar-refractivity contribution is -0.143. The topological polar surface area (TPSA) is 113 Å². The van der Waals surface area contributed by atoms with Crippen molar-refractivity contribution in [1.82, 2.24) is 15.3 Å². The summed E-state index contributed by atoms with van der Waals surface area (Å²) in [5, 5.41) is 15.7. The second kappa shape index (κ2) is 11.2. The number of nitrogens with zero attached hydrogens (tertiary/aromatic N) is 2. The summed E-state index contributed by atoms with van der Waals surface area (Å²) in [7, 11) is 0. The monoisotopic (exact) mass is 480 g/mol. The second-order valence-corrected chi connectivity index (χ2v) is 10.2. The van der Waals surface area contributed by atoms with Gasteiger partial charge in [0.25, 0.3) is 0 Å². The van der Waals surface area contributed by atoms with E-state index in [4.69, 9.17) is 9.72 Å². The first kappa shape index (κ1) is 25.1. The maximum Gasteiger partial charge on any atom is 0.326 e. The quantitative estimate of drug-likeness (QED) is 0.451. The molecule has 188 valence electrons. The molecule has 1 atom stereocenters. The molecule has 1 amide bonds. The molecule has 8 heteroatoms. The van der Waals surface area contributed by atoms with Crippen molar-refractivity contribution in [2.24, 2.45) is 5.92 Å². The number of carboxylic acid groups (broad SMARTS) is 1. The molecule has 1 aliphatic carbocycles. The molecular weight excluding hydrogens is 444 g/mol. The number of aromatic nitrogens is 2. The summed E-state index contributed by atoms with van der Waals surface area (Å²) < 4.78 is 5.92. The Morgan fingerprint density at radius 3 is 2.86 bits per heavy atom. The molecule has 1 aliphatic heterocycles. The van der Waals surface area contributed by atoms with Crippen molar-refractivity contribution < 1.29 is 19.4 Å². The summed E-state index contributed by atoms with van der Waals surface area (Å²) in [6, 6.07) is 6.94. The minimum Gasteiger partial charge on any atom is -0.480 e. The minimum atomic E-state index is -1.05. The number of carboxylic acids is 1. The van der Waals surface area contributed by atoms with Gasteiger partial charge in [-0.05, 0) is 81.5 Å². The first-order valence-corrected chi connectivity index (χ1v) is 12.6. The number of fused-ring (bicyclic) bond motifs is 1. The molecule has 3 heterocycles. The van der Waals surface area contributed by atoms with Crippen molar-refractivity contribution in [1.29, 1.82) is 0 Å². The molecule has 0 spiro atoms. The van der Waals surface area contributed by atoms with Crippen LogP contribution in [0.4, 0.5) is 5.82 Å². The fraction of sp³-hybridized carbons (Fsp3) is 0.556. The van der Waals surface area contributed by atoms with Gasteiger partial charge in [-0.1, -0.05) is 12.1 Å². The Bertz CT molecular complexity index is 1020. The molecule has 3 N–H and O–H groups in total. The highest BCUT2D eigenvalue weighted by Crippen LogP contribution is 2.34. The third-order valence-corrected chi connectivity index (χ3v) is 7.27. The van der Waals surface area contributed by atoms with Crippen LogP contribution in [0, 0.1) is 5.92 Å². The highest BCUT2D eigenvalue weighted by atomic mass is 16.5. The number of carbonyl (C=O) groups excluding carboxylic acids is 1. The van der Waals surface area contributed by atoms with E-state index in [-0.39, 0.29) is 18.4 Å². The van der Waals surface area contributed by atoms with Gasteiger partial charge in [-0.3, -0.25) is 9.78 Å². The van der Waals surface area contributed by atoms with Crippen LogP contribution in [-0.4, -0.2) is 52.2 Å². The Morgan fingerprint density at radius 2 is 2.11 bits per heavy atom. The van der Waals surface area contributed by atoms with Crippen LogP contribution < -0.4 is 10.6 Å². The summed E-state index contributed by atoms with van der Waals surface area (Å²) in [6.07, 6.45) is 9.96.